The van der Waals surface area contributed by atoms with E-state index in [-0.39, 0.29) is 0 Å². The molecule has 114 valence electrons. The van der Waals surface area contributed by atoms with Crippen molar-refractivity contribution in [3.05, 3.63) is 34.9 Å². The lowest BCUT2D eigenvalue weighted by Crippen LogP contribution is -2.29. The number of thioether (sulfide) groups is 1. The topological polar surface area (TPSA) is 15.3 Å². The van der Waals surface area contributed by atoms with Gasteiger partial charge in [0.1, 0.15) is 0 Å². The van der Waals surface area contributed by atoms with Gasteiger partial charge in [0, 0.05) is 23.4 Å². The summed E-state index contributed by atoms with van der Waals surface area (Å²) in [5.74, 6) is 1.19. The van der Waals surface area contributed by atoms with Gasteiger partial charge in [-0.25, -0.2) is 0 Å². The molecule has 0 aliphatic heterocycles. The molecule has 0 heterocycles. The van der Waals surface area contributed by atoms with Gasteiger partial charge in [0.2, 0.25) is 0 Å². The zero-order valence-electron chi connectivity index (χ0n) is 12.9. The largest absolute Gasteiger partial charge is 0.310 e. The van der Waals surface area contributed by atoms with Crippen LogP contribution >= 0.6 is 23.4 Å². The maximum Gasteiger partial charge on any atom is 0.0453 e. The number of rotatable bonds is 10. The van der Waals surface area contributed by atoms with E-state index in [1.165, 1.54) is 11.3 Å². The van der Waals surface area contributed by atoms with E-state index in [2.05, 4.69) is 42.6 Å². The first-order valence-corrected chi connectivity index (χ1v) is 9.11. The highest BCUT2D eigenvalue weighted by Gasteiger charge is 2.14. The molecule has 1 atom stereocenters. The van der Waals surface area contributed by atoms with Gasteiger partial charge in [0.05, 0.1) is 0 Å². The molecule has 2 nitrogen and oxygen atoms in total. The van der Waals surface area contributed by atoms with E-state index < -0.39 is 0 Å². The Morgan fingerprint density at radius 1 is 1.30 bits per heavy atom. The summed E-state index contributed by atoms with van der Waals surface area (Å²) in [6, 6.07) is 8.53. The number of hydrogen-bond donors (Lipinski definition) is 1. The predicted octanol–water partition coefficient (Wildman–Crippen LogP) is 4.07. The molecule has 0 aliphatic carbocycles. The Balaban J connectivity index is 2.58. The lowest BCUT2D eigenvalue weighted by Gasteiger charge is -2.23. The third-order valence-corrected chi connectivity index (χ3v) is 4.33. The summed E-state index contributed by atoms with van der Waals surface area (Å²) in [7, 11) is 2.19. The zero-order chi connectivity index (χ0) is 14.8. The Labute approximate surface area is 133 Å². The van der Waals surface area contributed by atoms with E-state index in [1.54, 1.807) is 0 Å². The standard InChI is InChI=1S/C16H27ClN2S/c1-4-10-18-16(9-11-19(2)12-13-20-3)14-7-5-6-8-15(14)17/h5-8,16,18H,4,9-13H2,1-3H3. The molecule has 0 radical (unpaired) electrons. The maximum absolute atomic E-state index is 6.34. The molecule has 1 aromatic rings. The highest BCUT2D eigenvalue weighted by Crippen LogP contribution is 2.25. The van der Waals surface area contributed by atoms with Crippen molar-refractivity contribution in [1.29, 1.82) is 0 Å². The monoisotopic (exact) mass is 314 g/mol. The van der Waals surface area contributed by atoms with Crippen LogP contribution in [-0.4, -0.2) is 43.6 Å². The molecular weight excluding hydrogens is 288 g/mol. The minimum Gasteiger partial charge on any atom is -0.310 e. The van der Waals surface area contributed by atoms with Gasteiger partial charge in [-0.15, -0.1) is 0 Å². The molecule has 0 spiro atoms. The second-order valence-electron chi connectivity index (χ2n) is 5.11. The molecule has 1 aromatic carbocycles. The summed E-state index contributed by atoms with van der Waals surface area (Å²) in [5, 5.41) is 4.49. The predicted molar refractivity (Wildman–Crippen MR) is 93.0 cm³/mol. The van der Waals surface area contributed by atoms with Crippen LogP contribution in [0, 0.1) is 0 Å². The molecule has 0 saturated carbocycles. The average molecular weight is 315 g/mol. The van der Waals surface area contributed by atoms with Gasteiger partial charge in [-0.05, 0) is 50.9 Å². The zero-order valence-corrected chi connectivity index (χ0v) is 14.4. The van der Waals surface area contributed by atoms with Crippen molar-refractivity contribution in [3.8, 4) is 0 Å². The molecule has 0 amide bonds. The molecule has 1 N–H and O–H groups in total. The summed E-state index contributed by atoms with van der Waals surface area (Å²) in [4.78, 5) is 2.40. The number of nitrogens with one attached hydrogen (secondary N) is 1. The number of hydrogen-bond acceptors (Lipinski definition) is 3. The van der Waals surface area contributed by atoms with Crippen molar-refractivity contribution < 1.29 is 0 Å². The van der Waals surface area contributed by atoms with E-state index in [0.717, 1.165) is 37.5 Å². The first kappa shape index (κ1) is 17.8. The summed E-state index contributed by atoms with van der Waals surface area (Å²) < 4.78 is 0. The van der Waals surface area contributed by atoms with Crippen molar-refractivity contribution >= 4 is 23.4 Å². The van der Waals surface area contributed by atoms with E-state index in [0.29, 0.717) is 6.04 Å². The minimum absolute atomic E-state index is 0.348. The van der Waals surface area contributed by atoms with Gasteiger partial charge in [-0.3, -0.25) is 0 Å². The molecule has 1 unspecified atom stereocenters. The van der Waals surface area contributed by atoms with Crippen molar-refractivity contribution in [1.82, 2.24) is 10.2 Å². The maximum atomic E-state index is 6.34. The number of benzene rings is 1. The number of nitrogens with zero attached hydrogens (tertiary/aromatic N) is 1. The average Bonchev–Trinajstić information content (AvgIpc) is 2.46. The second kappa shape index (κ2) is 10.5. The van der Waals surface area contributed by atoms with Gasteiger partial charge < -0.3 is 10.2 Å². The smallest absolute Gasteiger partial charge is 0.0453 e. The van der Waals surface area contributed by atoms with Crippen LogP contribution in [-0.2, 0) is 0 Å². The fraction of sp³-hybridized carbons (Fsp3) is 0.625. The van der Waals surface area contributed by atoms with Crippen molar-refractivity contribution in [3.63, 3.8) is 0 Å². The molecule has 0 saturated heterocycles. The molecule has 0 aliphatic rings. The molecule has 0 fully saturated rings. The Morgan fingerprint density at radius 2 is 2.05 bits per heavy atom. The quantitative estimate of drug-likeness (QED) is 0.701. The van der Waals surface area contributed by atoms with E-state index in [1.807, 2.05) is 23.9 Å². The van der Waals surface area contributed by atoms with Crippen LogP contribution in [0.2, 0.25) is 5.02 Å². The lowest BCUT2D eigenvalue weighted by atomic mass is 10.0. The van der Waals surface area contributed by atoms with Crippen LogP contribution in [0.4, 0.5) is 0 Å². The molecule has 0 bridgehead atoms. The van der Waals surface area contributed by atoms with E-state index in [4.69, 9.17) is 11.6 Å². The summed E-state index contributed by atoms with van der Waals surface area (Å²) in [6.07, 6.45) is 4.39. The Kier molecular flexibility index (Phi) is 9.36. The lowest BCUT2D eigenvalue weighted by molar-refractivity contribution is 0.323. The molecule has 0 aromatic heterocycles. The van der Waals surface area contributed by atoms with Crippen molar-refractivity contribution in [2.75, 3.05) is 38.7 Å². The highest BCUT2D eigenvalue weighted by molar-refractivity contribution is 7.98. The van der Waals surface area contributed by atoms with Crippen LogP contribution in [0.1, 0.15) is 31.4 Å². The second-order valence-corrected chi connectivity index (χ2v) is 6.51. The third-order valence-electron chi connectivity index (χ3n) is 3.40. The fourth-order valence-electron chi connectivity index (χ4n) is 2.15. The third kappa shape index (κ3) is 6.49. The SMILES string of the molecule is CCCNC(CCN(C)CCSC)c1ccccc1Cl. The molecule has 4 heteroatoms. The summed E-state index contributed by atoms with van der Waals surface area (Å²) in [6.45, 7) is 5.46. The first-order chi connectivity index (χ1) is 9.69. The van der Waals surface area contributed by atoms with Crippen LogP contribution < -0.4 is 5.32 Å². The Hall–Kier alpha value is -0.220. The van der Waals surface area contributed by atoms with Crippen molar-refractivity contribution in [2.45, 2.75) is 25.8 Å². The molecule has 1 rings (SSSR count). The summed E-state index contributed by atoms with van der Waals surface area (Å²) >= 11 is 8.24. The van der Waals surface area contributed by atoms with E-state index in [9.17, 15) is 0 Å². The Morgan fingerprint density at radius 3 is 2.70 bits per heavy atom. The normalized spacial score (nSPS) is 12.8. The van der Waals surface area contributed by atoms with Crippen LogP contribution in [0.5, 0.6) is 0 Å². The minimum atomic E-state index is 0.348. The number of halogens is 1. The van der Waals surface area contributed by atoms with Gasteiger partial charge >= 0.3 is 0 Å². The summed E-state index contributed by atoms with van der Waals surface area (Å²) in [5.41, 5.74) is 1.22. The molecular formula is C16H27ClN2S. The van der Waals surface area contributed by atoms with Gasteiger partial charge in [-0.2, -0.15) is 11.8 Å². The molecule has 20 heavy (non-hydrogen) atoms. The first-order valence-electron chi connectivity index (χ1n) is 7.34. The van der Waals surface area contributed by atoms with Crippen LogP contribution in [0.15, 0.2) is 24.3 Å². The van der Waals surface area contributed by atoms with Crippen molar-refractivity contribution in [2.24, 2.45) is 0 Å². The van der Waals surface area contributed by atoms with Gasteiger partial charge in [-0.1, -0.05) is 36.7 Å². The van der Waals surface area contributed by atoms with Crippen LogP contribution in [0.25, 0.3) is 0 Å². The van der Waals surface area contributed by atoms with Gasteiger partial charge in [0.15, 0.2) is 0 Å². The van der Waals surface area contributed by atoms with E-state index >= 15 is 0 Å². The highest BCUT2D eigenvalue weighted by atomic mass is 35.5. The van der Waals surface area contributed by atoms with Crippen LogP contribution in [0.3, 0.4) is 0 Å². The Bertz CT molecular complexity index is 373. The fourth-order valence-corrected chi connectivity index (χ4v) is 2.91. The van der Waals surface area contributed by atoms with Gasteiger partial charge in [0.25, 0.3) is 0 Å².